The lowest BCUT2D eigenvalue weighted by Gasteiger charge is -2.26. The van der Waals surface area contributed by atoms with Crippen molar-refractivity contribution in [3.63, 3.8) is 0 Å². The zero-order valence-electron chi connectivity index (χ0n) is 12.0. The van der Waals surface area contributed by atoms with Crippen LogP contribution in [0.5, 0.6) is 0 Å². The number of amides is 1. The van der Waals surface area contributed by atoms with E-state index in [-0.39, 0.29) is 22.7 Å². The first-order valence-corrected chi connectivity index (χ1v) is 8.81. The summed E-state index contributed by atoms with van der Waals surface area (Å²) in [5.74, 6) is -0.229. The molecule has 8 heteroatoms. The van der Waals surface area contributed by atoms with Gasteiger partial charge in [0, 0.05) is 20.1 Å². The van der Waals surface area contributed by atoms with E-state index in [4.69, 9.17) is 11.6 Å². The SMILES string of the molecule is CCC(C)N(C)C(=O)CN(C)S(=O)(=O)c1ccc(Cl)s1. The van der Waals surface area contributed by atoms with Crippen LogP contribution in [0.4, 0.5) is 0 Å². The van der Waals surface area contributed by atoms with Crippen LogP contribution in [0.25, 0.3) is 0 Å². The highest BCUT2D eigenvalue weighted by atomic mass is 35.5. The molecule has 5 nitrogen and oxygen atoms in total. The maximum atomic E-state index is 12.2. The molecule has 0 fully saturated rings. The summed E-state index contributed by atoms with van der Waals surface area (Å²) >= 11 is 6.73. The molecule has 1 unspecified atom stereocenters. The van der Waals surface area contributed by atoms with Crippen molar-refractivity contribution in [2.45, 2.75) is 30.5 Å². The smallest absolute Gasteiger partial charge is 0.252 e. The van der Waals surface area contributed by atoms with Gasteiger partial charge in [-0.05, 0) is 25.5 Å². The Kier molecular flexibility index (Phi) is 6.00. The molecule has 0 aliphatic carbocycles. The van der Waals surface area contributed by atoms with Crippen LogP contribution in [0.1, 0.15) is 20.3 Å². The van der Waals surface area contributed by atoms with Gasteiger partial charge in [0.2, 0.25) is 5.91 Å². The molecule has 0 aromatic carbocycles. The molecular formula is C12H19ClN2O3S2. The Hall–Kier alpha value is -0.630. The third-order valence-corrected chi connectivity index (χ3v) is 6.72. The van der Waals surface area contributed by atoms with Crippen LogP contribution in [0.15, 0.2) is 16.3 Å². The van der Waals surface area contributed by atoms with Gasteiger partial charge in [-0.25, -0.2) is 8.42 Å². The molecule has 0 bridgehead atoms. The van der Waals surface area contributed by atoms with Crippen LogP contribution >= 0.6 is 22.9 Å². The van der Waals surface area contributed by atoms with Crippen LogP contribution in [0.2, 0.25) is 4.34 Å². The summed E-state index contributed by atoms with van der Waals surface area (Å²) in [6.07, 6.45) is 0.819. The number of hydrogen-bond acceptors (Lipinski definition) is 4. The average Bonchev–Trinajstić information content (AvgIpc) is 2.83. The number of sulfonamides is 1. The summed E-state index contributed by atoms with van der Waals surface area (Å²) in [4.78, 5) is 13.6. The van der Waals surface area contributed by atoms with Crippen molar-refractivity contribution in [1.29, 1.82) is 0 Å². The van der Waals surface area contributed by atoms with Crippen LogP contribution in [-0.2, 0) is 14.8 Å². The Morgan fingerprint density at radius 1 is 1.40 bits per heavy atom. The minimum absolute atomic E-state index is 0.0785. The zero-order valence-corrected chi connectivity index (χ0v) is 14.3. The molecule has 0 N–H and O–H groups in total. The monoisotopic (exact) mass is 338 g/mol. The predicted molar refractivity (Wildman–Crippen MR) is 81.7 cm³/mol. The largest absolute Gasteiger partial charge is 0.342 e. The van der Waals surface area contributed by atoms with Crippen molar-refractivity contribution in [1.82, 2.24) is 9.21 Å². The van der Waals surface area contributed by atoms with Crippen LogP contribution in [-0.4, -0.2) is 50.2 Å². The van der Waals surface area contributed by atoms with Gasteiger partial charge < -0.3 is 4.90 Å². The quantitative estimate of drug-likeness (QED) is 0.799. The average molecular weight is 339 g/mol. The van der Waals surface area contributed by atoms with Crippen LogP contribution in [0.3, 0.4) is 0 Å². The summed E-state index contributed by atoms with van der Waals surface area (Å²) < 4.78 is 26.1. The standard InChI is InChI=1S/C12H19ClN2O3S2/c1-5-9(2)15(4)11(16)8-14(3)20(17,18)12-7-6-10(13)19-12/h6-7,9H,5,8H2,1-4H3. The van der Waals surface area contributed by atoms with Crippen molar-refractivity contribution in [3.05, 3.63) is 16.5 Å². The van der Waals surface area contributed by atoms with E-state index in [1.54, 1.807) is 11.9 Å². The summed E-state index contributed by atoms with van der Waals surface area (Å²) in [7, 11) is -0.586. The summed E-state index contributed by atoms with van der Waals surface area (Å²) in [5.41, 5.74) is 0. The molecule has 0 saturated carbocycles. The van der Waals surface area contributed by atoms with Crippen molar-refractivity contribution >= 4 is 38.9 Å². The number of carbonyl (C=O) groups excluding carboxylic acids is 1. The summed E-state index contributed by atoms with van der Waals surface area (Å²) in [5, 5.41) is 0. The van der Waals surface area contributed by atoms with Crippen molar-refractivity contribution in [2.75, 3.05) is 20.6 Å². The Morgan fingerprint density at radius 3 is 2.45 bits per heavy atom. The van der Waals surface area contributed by atoms with Gasteiger partial charge in [0.1, 0.15) is 4.21 Å². The zero-order chi connectivity index (χ0) is 15.5. The molecule has 1 heterocycles. The molecule has 1 atom stereocenters. The molecule has 0 aliphatic heterocycles. The third-order valence-electron chi connectivity index (χ3n) is 3.22. The van der Waals surface area contributed by atoms with Gasteiger partial charge in [0.15, 0.2) is 0 Å². The molecule has 1 rings (SSSR count). The topological polar surface area (TPSA) is 57.7 Å². The van der Waals surface area contributed by atoms with Gasteiger partial charge in [-0.15, -0.1) is 11.3 Å². The molecule has 0 spiro atoms. The number of halogens is 1. The minimum Gasteiger partial charge on any atom is -0.342 e. The first kappa shape index (κ1) is 17.4. The minimum atomic E-state index is -3.66. The summed E-state index contributed by atoms with van der Waals surface area (Å²) in [6, 6.07) is 3.05. The van der Waals surface area contributed by atoms with Gasteiger partial charge in [-0.3, -0.25) is 4.79 Å². The van der Waals surface area contributed by atoms with Gasteiger partial charge in [-0.1, -0.05) is 18.5 Å². The molecule has 0 saturated heterocycles. The number of carbonyl (C=O) groups is 1. The molecule has 0 radical (unpaired) electrons. The highest BCUT2D eigenvalue weighted by Gasteiger charge is 2.26. The lowest BCUT2D eigenvalue weighted by Crippen LogP contribution is -2.42. The Balaban J connectivity index is 2.81. The van der Waals surface area contributed by atoms with E-state index in [9.17, 15) is 13.2 Å². The molecular weight excluding hydrogens is 320 g/mol. The second kappa shape index (κ2) is 6.89. The predicted octanol–water partition coefficient (Wildman–Crippen LogP) is 2.28. The number of hydrogen-bond donors (Lipinski definition) is 0. The Morgan fingerprint density at radius 2 is 2.00 bits per heavy atom. The van der Waals surface area contributed by atoms with Gasteiger partial charge in [0.25, 0.3) is 10.0 Å². The van der Waals surface area contributed by atoms with Crippen molar-refractivity contribution < 1.29 is 13.2 Å². The van der Waals surface area contributed by atoms with E-state index in [0.29, 0.717) is 4.34 Å². The molecule has 1 amide bonds. The van der Waals surface area contributed by atoms with E-state index in [0.717, 1.165) is 22.1 Å². The number of thiophene rings is 1. The van der Waals surface area contributed by atoms with E-state index >= 15 is 0 Å². The highest BCUT2D eigenvalue weighted by molar-refractivity contribution is 7.91. The lowest BCUT2D eigenvalue weighted by atomic mass is 10.2. The fourth-order valence-corrected chi connectivity index (χ4v) is 4.31. The lowest BCUT2D eigenvalue weighted by molar-refractivity contribution is -0.131. The number of nitrogens with zero attached hydrogens (tertiary/aromatic N) is 2. The molecule has 1 aromatic heterocycles. The fourth-order valence-electron chi connectivity index (χ4n) is 1.50. The fraction of sp³-hybridized carbons (Fsp3) is 0.583. The normalized spacial score (nSPS) is 13.5. The van der Waals surface area contributed by atoms with Crippen molar-refractivity contribution in [3.8, 4) is 0 Å². The molecule has 1 aromatic rings. The highest BCUT2D eigenvalue weighted by Crippen LogP contribution is 2.27. The molecule has 114 valence electrons. The molecule has 20 heavy (non-hydrogen) atoms. The van der Waals surface area contributed by atoms with Gasteiger partial charge in [0.05, 0.1) is 10.9 Å². The Labute approximate surface area is 129 Å². The third kappa shape index (κ3) is 3.94. The van der Waals surface area contributed by atoms with E-state index in [1.165, 1.54) is 19.2 Å². The maximum absolute atomic E-state index is 12.2. The van der Waals surface area contributed by atoms with Crippen LogP contribution < -0.4 is 0 Å². The van der Waals surface area contributed by atoms with Crippen molar-refractivity contribution in [2.24, 2.45) is 0 Å². The number of rotatable bonds is 6. The Bertz CT molecular complexity index is 571. The van der Waals surface area contributed by atoms with E-state index in [2.05, 4.69) is 0 Å². The van der Waals surface area contributed by atoms with Gasteiger partial charge >= 0.3 is 0 Å². The van der Waals surface area contributed by atoms with E-state index < -0.39 is 10.0 Å². The van der Waals surface area contributed by atoms with E-state index in [1.807, 2.05) is 13.8 Å². The maximum Gasteiger partial charge on any atom is 0.252 e. The molecule has 0 aliphatic rings. The second-order valence-electron chi connectivity index (χ2n) is 4.58. The second-order valence-corrected chi connectivity index (χ2v) is 8.57. The first-order chi connectivity index (χ1) is 9.20. The first-order valence-electron chi connectivity index (χ1n) is 6.17. The van der Waals surface area contributed by atoms with Crippen LogP contribution in [0, 0.1) is 0 Å². The number of likely N-dealkylation sites (N-methyl/N-ethyl adjacent to an activating group) is 2. The summed E-state index contributed by atoms with van der Waals surface area (Å²) in [6.45, 7) is 3.71. The van der Waals surface area contributed by atoms with Gasteiger partial charge in [-0.2, -0.15) is 4.31 Å².